The molecule has 0 bridgehead atoms. The lowest BCUT2D eigenvalue weighted by molar-refractivity contribution is -0.142. The van der Waals surface area contributed by atoms with E-state index in [1.807, 2.05) is 0 Å². The summed E-state index contributed by atoms with van der Waals surface area (Å²) in [7, 11) is -3.08. The fourth-order valence-electron chi connectivity index (χ4n) is 7.78. The van der Waals surface area contributed by atoms with Gasteiger partial charge in [0.15, 0.2) is 5.43 Å². The average Bonchev–Trinajstić information content (AvgIpc) is 3.85. The predicted octanol–water partition coefficient (Wildman–Crippen LogP) is 2.00. The van der Waals surface area contributed by atoms with Crippen LogP contribution in [0.2, 0.25) is 0 Å². The lowest BCUT2D eigenvalue weighted by Gasteiger charge is -2.20. The number of phosphoric ester groups is 1. The summed E-state index contributed by atoms with van der Waals surface area (Å²) in [6.07, 6.45) is -1.94. The van der Waals surface area contributed by atoms with Crippen molar-refractivity contribution in [1.82, 2.24) is 25.1 Å². The number of carboxylic acid groups (broad SMARTS) is 1. The van der Waals surface area contributed by atoms with Crippen LogP contribution in [0.3, 0.4) is 0 Å². The Labute approximate surface area is 412 Å². The third kappa shape index (κ3) is 12.9. The second-order valence-electron chi connectivity index (χ2n) is 16.3. The summed E-state index contributed by atoms with van der Waals surface area (Å²) < 4.78 is 52.4. The highest BCUT2D eigenvalue weighted by Crippen LogP contribution is 2.49. The van der Waals surface area contributed by atoms with Crippen molar-refractivity contribution in [2.24, 2.45) is 0 Å². The van der Waals surface area contributed by atoms with E-state index in [-0.39, 0.29) is 109 Å². The van der Waals surface area contributed by atoms with Crippen LogP contribution >= 0.6 is 19.6 Å². The molecule has 2 saturated heterocycles. The van der Waals surface area contributed by atoms with Gasteiger partial charge in [0.2, 0.25) is 17.7 Å². The number of aromatic carboxylic acids is 1. The fraction of sp³-hybridized carbons (Fsp3) is 0.391. The number of phosphoric acid groups is 1. The molecule has 1 aromatic heterocycles. The van der Waals surface area contributed by atoms with Crippen LogP contribution in [-0.4, -0.2) is 149 Å². The van der Waals surface area contributed by atoms with E-state index in [9.17, 15) is 58.2 Å². The molecule has 7 rings (SSSR count). The van der Waals surface area contributed by atoms with E-state index in [2.05, 4.69) is 15.6 Å². The first-order chi connectivity index (χ1) is 34.4. The molecule has 6 N–H and O–H groups in total. The van der Waals surface area contributed by atoms with E-state index in [0.29, 0.717) is 16.5 Å². The molecule has 1 aliphatic carbocycles. The number of carbonyl (C=O) groups is 5. The van der Waals surface area contributed by atoms with Crippen LogP contribution < -0.4 is 27.3 Å². The number of phenols is 1. The minimum Gasteiger partial charge on any atom is -0.508 e. The van der Waals surface area contributed by atoms with Crippen LogP contribution in [0, 0.1) is 6.92 Å². The number of amides is 4. The minimum atomic E-state index is -4.17. The third-order valence-electron chi connectivity index (χ3n) is 11.4. The zero-order valence-corrected chi connectivity index (χ0v) is 40.4. The number of nitrogens with one attached hydrogen (secondary N) is 3. The number of hydrogen-bond donors (Lipinski definition) is 6. The number of likely N-dealkylation sites (tertiary alicyclic amines) is 1. The van der Waals surface area contributed by atoms with Gasteiger partial charge in [0.1, 0.15) is 36.0 Å². The first-order valence-corrected chi connectivity index (χ1v) is 24.8. The van der Waals surface area contributed by atoms with E-state index < -0.39 is 85.5 Å². The number of aliphatic hydroxyl groups excluding tert-OH is 1. The van der Waals surface area contributed by atoms with E-state index in [4.69, 9.17) is 32.2 Å². The van der Waals surface area contributed by atoms with Crippen LogP contribution in [0.15, 0.2) is 79.6 Å². The highest BCUT2D eigenvalue weighted by molar-refractivity contribution is 8.00. The smallest absolute Gasteiger partial charge is 0.474 e. The van der Waals surface area contributed by atoms with Crippen molar-refractivity contribution < 1.29 is 76.1 Å². The summed E-state index contributed by atoms with van der Waals surface area (Å²) in [5.41, 5.74) is -0.114. The summed E-state index contributed by atoms with van der Waals surface area (Å²) in [5, 5.41) is 35.6. The number of fused-ring (bicyclic) bond motifs is 2. The molecule has 2 aromatic carbocycles. The number of aryl methyl sites for hydroxylation is 1. The number of ether oxygens (including phenoxy) is 3. The van der Waals surface area contributed by atoms with E-state index in [1.165, 1.54) is 61.7 Å². The van der Waals surface area contributed by atoms with Gasteiger partial charge in [-0.15, -0.1) is 11.8 Å². The van der Waals surface area contributed by atoms with Gasteiger partial charge in [-0.2, -0.15) is 0 Å². The highest BCUT2D eigenvalue weighted by Gasteiger charge is 2.41. The predicted molar refractivity (Wildman–Crippen MR) is 255 cm³/mol. The second kappa shape index (κ2) is 23.8. The number of aliphatic hydroxyl groups is 1. The van der Waals surface area contributed by atoms with Crippen LogP contribution in [0.4, 0.5) is 0 Å². The van der Waals surface area contributed by atoms with Crippen LogP contribution in [0.1, 0.15) is 45.3 Å². The number of H-pyrrole nitrogens is 1. The average molecular weight is 1040 g/mol. The number of aromatic nitrogens is 2. The molecule has 0 radical (unpaired) electrons. The lowest BCUT2D eigenvalue weighted by atomic mass is 9.89. The molecule has 0 saturated carbocycles. The normalized spacial score (nSPS) is 18.7. The maximum absolute atomic E-state index is 13.2. The Morgan fingerprint density at radius 2 is 1.67 bits per heavy atom. The molecular weight excluding hydrogens is 990 g/mol. The molecule has 384 valence electrons. The van der Waals surface area contributed by atoms with E-state index in [0.717, 1.165) is 28.3 Å². The van der Waals surface area contributed by atoms with Crippen molar-refractivity contribution in [3.63, 3.8) is 0 Å². The topological polar surface area (TPSA) is 331 Å². The van der Waals surface area contributed by atoms with Crippen LogP contribution in [0.25, 0.3) is 33.4 Å². The molecule has 3 aromatic rings. The maximum Gasteiger partial charge on any atom is 0.474 e. The number of aromatic hydroxyl groups is 1. The van der Waals surface area contributed by atoms with Gasteiger partial charge in [0.25, 0.3) is 11.5 Å². The SMILES string of the molecule is COP(=O)(OCCSC1CC(=O)N(CC(=O)NCCOCCOCCNC(=O)c2ccc(C(=O)O)c(-c3c4ccc(=O)cc-4oc4cc(O)ccc34)c2)C1=O)OC[C@H]1O[C@@H](n2cc(C)c(=O)[nH]c2=O)C[C@H]1O. The minimum absolute atomic E-state index is 0.0167. The summed E-state index contributed by atoms with van der Waals surface area (Å²) in [6, 6.07) is 12.5. The molecule has 3 aliphatic heterocycles. The van der Waals surface area contributed by atoms with Gasteiger partial charge in [-0.1, -0.05) is 0 Å². The summed E-state index contributed by atoms with van der Waals surface area (Å²) in [4.78, 5) is 103. The summed E-state index contributed by atoms with van der Waals surface area (Å²) in [5.74, 6) is -3.33. The van der Waals surface area contributed by atoms with Gasteiger partial charge in [0.05, 0.1) is 56.6 Å². The zero-order chi connectivity index (χ0) is 51.7. The number of phenolic OH excluding ortho intramolecular Hbond substituents is 1. The third-order valence-corrected chi connectivity index (χ3v) is 14.0. The van der Waals surface area contributed by atoms with Crippen molar-refractivity contribution in [3.05, 3.63) is 109 Å². The Kier molecular flexibility index (Phi) is 17.6. The van der Waals surface area contributed by atoms with Gasteiger partial charge in [-0.3, -0.25) is 56.8 Å². The molecule has 0 spiro atoms. The van der Waals surface area contributed by atoms with Gasteiger partial charge >= 0.3 is 19.5 Å². The van der Waals surface area contributed by atoms with Gasteiger partial charge < -0.3 is 44.6 Å². The Bertz CT molecular complexity index is 3050. The highest BCUT2D eigenvalue weighted by atomic mass is 32.2. The van der Waals surface area contributed by atoms with Crippen molar-refractivity contribution in [2.75, 3.05) is 72.1 Å². The van der Waals surface area contributed by atoms with Gasteiger partial charge in [-0.25, -0.2) is 14.2 Å². The molecule has 26 heteroatoms. The first kappa shape index (κ1) is 53.3. The number of benzene rings is 3. The monoisotopic (exact) mass is 1040 g/mol. The van der Waals surface area contributed by atoms with Crippen molar-refractivity contribution >= 4 is 60.2 Å². The Morgan fingerprint density at radius 3 is 2.40 bits per heavy atom. The number of nitrogens with zero attached hydrogens (tertiary/aromatic N) is 2. The molecular formula is C46H50N5O19PS. The molecule has 2 unspecified atom stereocenters. The van der Waals surface area contributed by atoms with Crippen LogP contribution in [0.5, 0.6) is 5.75 Å². The van der Waals surface area contributed by atoms with Crippen molar-refractivity contribution in [3.8, 4) is 28.2 Å². The van der Waals surface area contributed by atoms with Crippen LogP contribution in [-0.2, 0) is 46.7 Å². The zero-order valence-electron chi connectivity index (χ0n) is 38.7. The molecule has 4 amide bonds. The first-order valence-electron chi connectivity index (χ1n) is 22.3. The number of rotatable bonds is 24. The summed E-state index contributed by atoms with van der Waals surface area (Å²) >= 11 is 1.05. The maximum atomic E-state index is 13.2. The molecule has 2 fully saturated rings. The Hall–Kier alpha value is -6.54. The lowest BCUT2D eigenvalue weighted by Crippen LogP contribution is -2.41. The number of carboxylic acids is 1. The largest absolute Gasteiger partial charge is 0.508 e. The number of aromatic amines is 1. The Morgan fingerprint density at radius 1 is 0.917 bits per heavy atom. The standard InChI is InChI=1S/C46H50N5O19PS/c1-25-22-51(46(62)49-42(25)57)40-20-33(54)36(70-40)24-68-71(63,64-2)67-15-16-72-37-21-39(56)50(44(37)59)23-38(55)47-9-11-65-13-14-66-12-10-48-43(58)26-3-6-29(45(60)61)32(17-26)41-30-7-4-27(52)18-34(30)69-35-19-28(53)5-8-31(35)41/h3-8,17-19,22,33,36-37,40,52,54H,9-16,20-21,23-24H2,1-2H3,(H,47,55)(H,48,58)(H,60,61)(H,49,57,62)/t33-,36-,37?,40-,71?/m1/s1. The number of hydrogen-bond acceptors (Lipinski definition) is 19. The van der Waals surface area contributed by atoms with Gasteiger partial charge in [-0.05, 0) is 55.0 Å². The molecule has 4 heterocycles. The van der Waals surface area contributed by atoms with Crippen molar-refractivity contribution in [2.45, 2.75) is 43.5 Å². The Balaban J connectivity index is 0.766. The fourth-order valence-corrected chi connectivity index (χ4v) is 9.83. The number of thioether (sulfide) groups is 1. The second-order valence-corrected chi connectivity index (χ2v) is 19.3. The van der Waals surface area contributed by atoms with Crippen molar-refractivity contribution in [1.29, 1.82) is 0 Å². The number of imide groups is 1. The molecule has 4 aliphatic rings. The van der Waals surface area contributed by atoms with E-state index >= 15 is 0 Å². The molecule has 5 atom stereocenters. The molecule has 72 heavy (non-hydrogen) atoms. The quantitative estimate of drug-likeness (QED) is 0.0223. The molecule has 24 nitrogen and oxygen atoms in total. The number of carbonyl (C=O) groups excluding carboxylic acids is 4. The van der Waals surface area contributed by atoms with E-state index in [1.54, 1.807) is 6.07 Å². The van der Waals surface area contributed by atoms with Gasteiger partial charge in [0, 0.05) is 84.8 Å². The summed E-state index contributed by atoms with van der Waals surface area (Å²) in [6.45, 7) is 0.971.